The number of hydrogen-bond acceptors (Lipinski definition) is 6. The van der Waals surface area contributed by atoms with Crippen LogP contribution in [0, 0.1) is 0 Å². The Morgan fingerprint density at radius 3 is 3.06 bits per heavy atom. The Kier molecular flexibility index (Phi) is 4.21. The highest BCUT2D eigenvalue weighted by Crippen LogP contribution is 2.06. The van der Waals surface area contributed by atoms with Crippen molar-refractivity contribution in [2.75, 3.05) is 12.0 Å². The number of nitrogens with one attached hydrogen (secondary N) is 2. The number of carbonyl (C=O) groups excluding carboxylic acids is 1. The summed E-state index contributed by atoms with van der Waals surface area (Å²) in [6.07, 6.45) is 2.24. The van der Waals surface area contributed by atoms with Crippen LogP contribution in [0.15, 0.2) is 29.2 Å². The molecule has 0 aliphatic carbocycles. The molecule has 0 spiro atoms. The lowest BCUT2D eigenvalue weighted by molar-refractivity contribution is 0.0949. The van der Waals surface area contributed by atoms with E-state index in [0.29, 0.717) is 24.3 Å². The number of thiazole rings is 1. The number of nitrogens with two attached hydrogens (primary N) is 1. The zero-order chi connectivity index (χ0) is 12.8. The van der Waals surface area contributed by atoms with Crippen molar-refractivity contribution in [3.63, 3.8) is 0 Å². The fraction of sp³-hybridized carbons (Fsp3) is 0.182. The van der Waals surface area contributed by atoms with Gasteiger partial charge in [-0.2, -0.15) is 0 Å². The van der Waals surface area contributed by atoms with Gasteiger partial charge in [-0.1, -0.05) is 0 Å². The van der Waals surface area contributed by atoms with Crippen molar-refractivity contribution in [1.29, 1.82) is 0 Å². The first-order valence-corrected chi connectivity index (χ1v) is 6.32. The first-order chi connectivity index (χ1) is 8.79. The lowest BCUT2D eigenvalue weighted by atomic mass is 10.3. The second kappa shape index (κ2) is 6.08. The molecule has 2 aromatic rings. The van der Waals surface area contributed by atoms with Crippen molar-refractivity contribution >= 4 is 22.9 Å². The Labute approximate surface area is 108 Å². The SMILES string of the molecule is NNc1ccnc(C(=O)NCCc2cscn2)c1. The highest BCUT2D eigenvalue weighted by Gasteiger charge is 2.07. The summed E-state index contributed by atoms with van der Waals surface area (Å²) in [6, 6.07) is 3.28. The highest BCUT2D eigenvalue weighted by molar-refractivity contribution is 7.07. The summed E-state index contributed by atoms with van der Waals surface area (Å²) in [5, 5.41) is 4.74. The van der Waals surface area contributed by atoms with Gasteiger partial charge in [0.1, 0.15) is 5.69 Å². The van der Waals surface area contributed by atoms with Crippen LogP contribution in [0.3, 0.4) is 0 Å². The number of rotatable bonds is 5. The Balaban J connectivity index is 1.87. The van der Waals surface area contributed by atoms with Gasteiger partial charge in [-0.3, -0.25) is 15.6 Å². The molecule has 94 valence electrons. The Morgan fingerprint density at radius 2 is 2.33 bits per heavy atom. The lowest BCUT2D eigenvalue weighted by Gasteiger charge is -2.05. The van der Waals surface area contributed by atoms with E-state index in [-0.39, 0.29) is 5.91 Å². The minimum Gasteiger partial charge on any atom is -0.350 e. The first-order valence-electron chi connectivity index (χ1n) is 5.37. The first kappa shape index (κ1) is 12.5. The molecule has 4 N–H and O–H groups in total. The van der Waals surface area contributed by atoms with E-state index >= 15 is 0 Å². The summed E-state index contributed by atoms with van der Waals surface area (Å²) in [5.41, 5.74) is 6.21. The van der Waals surface area contributed by atoms with Crippen molar-refractivity contribution < 1.29 is 4.79 Å². The molecule has 0 aliphatic heterocycles. The number of hydrogen-bond donors (Lipinski definition) is 3. The quantitative estimate of drug-likeness (QED) is 0.548. The van der Waals surface area contributed by atoms with E-state index in [1.54, 1.807) is 29.0 Å². The van der Waals surface area contributed by atoms with Crippen molar-refractivity contribution in [3.8, 4) is 0 Å². The summed E-state index contributed by atoms with van der Waals surface area (Å²) >= 11 is 1.54. The summed E-state index contributed by atoms with van der Waals surface area (Å²) in [7, 11) is 0. The van der Waals surface area contributed by atoms with Crippen LogP contribution in [0.5, 0.6) is 0 Å². The maximum atomic E-state index is 11.8. The van der Waals surface area contributed by atoms with Crippen molar-refractivity contribution in [1.82, 2.24) is 15.3 Å². The summed E-state index contributed by atoms with van der Waals surface area (Å²) < 4.78 is 0. The molecule has 1 amide bonds. The molecule has 18 heavy (non-hydrogen) atoms. The standard InChI is InChI=1S/C11H13N5OS/c12-16-8-1-3-13-10(5-8)11(17)14-4-2-9-6-18-7-15-9/h1,3,5-7H,2,4,12H2,(H,13,16)(H,14,17). The normalized spacial score (nSPS) is 10.1. The number of hydrazine groups is 1. The molecule has 0 atom stereocenters. The van der Waals surface area contributed by atoms with E-state index in [1.807, 2.05) is 5.38 Å². The fourth-order valence-corrected chi connectivity index (χ4v) is 1.99. The van der Waals surface area contributed by atoms with Gasteiger partial charge in [-0.05, 0) is 12.1 Å². The molecular formula is C11H13N5OS. The van der Waals surface area contributed by atoms with Gasteiger partial charge >= 0.3 is 0 Å². The van der Waals surface area contributed by atoms with Gasteiger partial charge in [-0.25, -0.2) is 4.98 Å². The Bertz CT molecular complexity index is 514. The molecule has 0 bridgehead atoms. The molecule has 6 nitrogen and oxygen atoms in total. The van der Waals surface area contributed by atoms with Gasteiger partial charge in [0.25, 0.3) is 5.91 Å². The molecule has 0 aromatic carbocycles. The van der Waals surface area contributed by atoms with Crippen LogP contribution < -0.4 is 16.6 Å². The molecule has 2 rings (SSSR count). The zero-order valence-electron chi connectivity index (χ0n) is 9.59. The number of amides is 1. The number of carbonyl (C=O) groups is 1. The van der Waals surface area contributed by atoms with Crippen LogP contribution in [0.25, 0.3) is 0 Å². The number of anilines is 1. The van der Waals surface area contributed by atoms with Crippen LogP contribution >= 0.6 is 11.3 Å². The van der Waals surface area contributed by atoms with E-state index in [0.717, 1.165) is 5.69 Å². The summed E-state index contributed by atoms with van der Waals surface area (Å²) in [6.45, 7) is 0.532. The molecule has 0 unspecified atom stereocenters. The zero-order valence-corrected chi connectivity index (χ0v) is 10.4. The second-order valence-corrected chi connectivity index (χ2v) is 4.28. The molecule has 0 fully saturated rings. The van der Waals surface area contributed by atoms with Gasteiger partial charge in [-0.15, -0.1) is 11.3 Å². The van der Waals surface area contributed by atoms with Crippen LogP contribution in [-0.4, -0.2) is 22.4 Å². The highest BCUT2D eigenvalue weighted by atomic mass is 32.1. The second-order valence-electron chi connectivity index (χ2n) is 3.56. The largest absolute Gasteiger partial charge is 0.350 e. The molecular weight excluding hydrogens is 250 g/mol. The van der Waals surface area contributed by atoms with Gasteiger partial charge < -0.3 is 10.7 Å². The van der Waals surface area contributed by atoms with E-state index in [2.05, 4.69) is 20.7 Å². The number of nitrogen functional groups attached to an aromatic ring is 1. The molecule has 0 saturated carbocycles. The van der Waals surface area contributed by atoms with E-state index < -0.39 is 0 Å². The maximum Gasteiger partial charge on any atom is 0.269 e. The third-order valence-electron chi connectivity index (χ3n) is 2.31. The van der Waals surface area contributed by atoms with Gasteiger partial charge in [0.15, 0.2) is 0 Å². The van der Waals surface area contributed by atoms with E-state index in [9.17, 15) is 4.79 Å². The van der Waals surface area contributed by atoms with E-state index in [1.165, 1.54) is 6.20 Å². The lowest BCUT2D eigenvalue weighted by Crippen LogP contribution is -2.26. The summed E-state index contributed by atoms with van der Waals surface area (Å²) in [4.78, 5) is 19.9. The average Bonchev–Trinajstić information content (AvgIpc) is 2.92. The van der Waals surface area contributed by atoms with Crippen molar-refractivity contribution in [2.24, 2.45) is 5.84 Å². The topological polar surface area (TPSA) is 92.9 Å². The third kappa shape index (κ3) is 3.25. The molecule has 0 radical (unpaired) electrons. The van der Waals surface area contributed by atoms with Gasteiger partial charge in [0.2, 0.25) is 0 Å². The molecule has 2 aromatic heterocycles. The van der Waals surface area contributed by atoms with Crippen LogP contribution in [-0.2, 0) is 6.42 Å². The van der Waals surface area contributed by atoms with Gasteiger partial charge in [0.05, 0.1) is 16.9 Å². The van der Waals surface area contributed by atoms with Crippen LogP contribution in [0.4, 0.5) is 5.69 Å². The van der Waals surface area contributed by atoms with E-state index in [4.69, 9.17) is 5.84 Å². The predicted molar refractivity (Wildman–Crippen MR) is 70.2 cm³/mol. The minimum atomic E-state index is -0.220. The number of pyridine rings is 1. The predicted octanol–water partition coefficient (Wildman–Crippen LogP) is 0.796. The molecule has 2 heterocycles. The van der Waals surface area contributed by atoms with Crippen molar-refractivity contribution in [3.05, 3.63) is 40.6 Å². The number of nitrogens with zero attached hydrogens (tertiary/aromatic N) is 2. The number of aromatic nitrogens is 2. The Hall–Kier alpha value is -1.99. The Morgan fingerprint density at radius 1 is 1.44 bits per heavy atom. The minimum absolute atomic E-state index is 0.220. The van der Waals surface area contributed by atoms with Crippen LogP contribution in [0.1, 0.15) is 16.2 Å². The van der Waals surface area contributed by atoms with Gasteiger partial charge in [0, 0.05) is 24.5 Å². The fourth-order valence-electron chi connectivity index (χ4n) is 1.40. The smallest absolute Gasteiger partial charge is 0.269 e. The monoisotopic (exact) mass is 263 g/mol. The van der Waals surface area contributed by atoms with Crippen LogP contribution in [0.2, 0.25) is 0 Å². The maximum absolute atomic E-state index is 11.8. The average molecular weight is 263 g/mol. The molecule has 7 heteroatoms. The summed E-state index contributed by atoms with van der Waals surface area (Å²) in [5.74, 6) is 5.05. The third-order valence-corrected chi connectivity index (χ3v) is 2.94. The molecule has 0 aliphatic rings. The van der Waals surface area contributed by atoms with Crippen molar-refractivity contribution in [2.45, 2.75) is 6.42 Å². The molecule has 0 saturated heterocycles.